The van der Waals surface area contributed by atoms with Crippen molar-refractivity contribution in [3.8, 4) is 0 Å². The second-order valence-electron chi connectivity index (χ2n) is 21.3. The number of carboxylic acid groups (broad SMARTS) is 1. The standard InChI is InChI=1S/C46H69N3O11/c1-26(50)57-36-32(60-39(55-11)38(59-28(3)52)37(36)58-27(2)51)24-49-23-29(47-48-49)25-56-35-15-16-43(8)33(42(35,6)7)14-17-45(10)34(43)13-12-30-31-22-41(4,5)18-20-46(31,40(53)54)21-19-44(30,45)9/h12,23,31-39H,13-22,24-25H2,1-11H3,(H,53,54)/t31-,32+,33-,34+,35-,36+,37-,38+,39-,43-,44+,45+,46-/m0/s1. The van der Waals surface area contributed by atoms with Crippen LogP contribution < -0.4 is 0 Å². The van der Waals surface area contributed by atoms with Gasteiger partial charge in [-0.1, -0.05) is 65.3 Å². The maximum Gasteiger partial charge on any atom is 0.310 e. The number of rotatable bonds is 10. The number of aliphatic carboxylic acids is 1. The van der Waals surface area contributed by atoms with Gasteiger partial charge in [0.2, 0.25) is 0 Å². The molecule has 1 aromatic rings. The van der Waals surface area contributed by atoms with Gasteiger partial charge in [0.05, 0.1) is 30.9 Å². The Morgan fingerprint density at radius 3 is 2.13 bits per heavy atom. The molecule has 14 nitrogen and oxygen atoms in total. The molecule has 7 rings (SSSR count). The zero-order valence-corrected chi connectivity index (χ0v) is 37.7. The normalized spacial score (nSPS) is 41.6. The third kappa shape index (κ3) is 7.41. The third-order valence-corrected chi connectivity index (χ3v) is 17.1. The highest BCUT2D eigenvalue weighted by Gasteiger charge is 2.69. The molecule has 0 bridgehead atoms. The van der Waals surface area contributed by atoms with Gasteiger partial charge in [0.25, 0.3) is 0 Å². The van der Waals surface area contributed by atoms with Crippen molar-refractivity contribution in [1.82, 2.24) is 15.0 Å². The number of aromatic nitrogens is 3. The molecule has 334 valence electrons. The lowest BCUT2D eigenvalue weighted by atomic mass is 9.33. The number of carbonyl (C=O) groups excluding carboxylic acids is 3. The number of carbonyl (C=O) groups is 4. The number of hydrogen-bond acceptors (Lipinski definition) is 12. The van der Waals surface area contributed by atoms with Crippen LogP contribution in [0.1, 0.15) is 139 Å². The molecule has 60 heavy (non-hydrogen) atoms. The van der Waals surface area contributed by atoms with Crippen molar-refractivity contribution in [2.24, 2.45) is 50.2 Å². The predicted octanol–water partition coefficient (Wildman–Crippen LogP) is 7.22. The summed E-state index contributed by atoms with van der Waals surface area (Å²) >= 11 is 0. The van der Waals surface area contributed by atoms with Gasteiger partial charge < -0.3 is 33.5 Å². The van der Waals surface area contributed by atoms with Crippen LogP contribution in [0.3, 0.4) is 0 Å². The number of hydrogen-bond donors (Lipinski definition) is 1. The van der Waals surface area contributed by atoms with E-state index in [2.05, 4.69) is 64.9 Å². The number of fused-ring (bicyclic) bond motifs is 7. The maximum absolute atomic E-state index is 13.1. The second kappa shape index (κ2) is 15.8. The Hall–Kier alpha value is -3.36. The smallest absolute Gasteiger partial charge is 0.310 e. The fraction of sp³-hybridized carbons (Fsp3) is 0.826. The molecule has 1 saturated heterocycles. The number of carboxylic acids is 1. The van der Waals surface area contributed by atoms with Gasteiger partial charge in [0.1, 0.15) is 11.8 Å². The van der Waals surface area contributed by atoms with Gasteiger partial charge in [-0.05, 0) is 109 Å². The van der Waals surface area contributed by atoms with Crippen LogP contribution in [0.4, 0.5) is 0 Å². The molecule has 0 radical (unpaired) electrons. The minimum absolute atomic E-state index is 0.00544. The summed E-state index contributed by atoms with van der Waals surface area (Å²) in [6, 6.07) is 0. The Kier molecular flexibility index (Phi) is 11.7. The number of allylic oxidation sites excluding steroid dienone is 2. The summed E-state index contributed by atoms with van der Waals surface area (Å²) in [5, 5.41) is 19.5. The van der Waals surface area contributed by atoms with E-state index in [0.717, 1.165) is 64.2 Å². The molecule has 4 saturated carbocycles. The molecule has 5 aliphatic carbocycles. The Labute approximate surface area is 355 Å². The van der Waals surface area contributed by atoms with E-state index in [9.17, 15) is 24.3 Å². The summed E-state index contributed by atoms with van der Waals surface area (Å²) < 4.78 is 36.6. The minimum atomic E-state index is -1.19. The largest absolute Gasteiger partial charge is 0.481 e. The first-order valence-electron chi connectivity index (χ1n) is 22.2. The quantitative estimate of drug-likeness (QED) is 0.142. The Balaban J connectivity index is 1.05. The van der Waals surface area contributed by atoms with Crippen LogP contribution in [0, 0.1) is 50.2 Å². The first-order valence-corrected chi connectivity index (χ1v) is 22.2. The fourth-order valence-corrected chi connectivity index (χ4v) is 14.0. The Bertz CT molecular complexity index is 1880. The van der Waals surface area contributed by atoms with Gasteiger partial charge in [0.15, 0.2) is 24.6 Å². The van der Waals surface area contributed by atoms with Crippen LogP contribution in [0.5, 0.6) is 0 Å². The number of nitrogens with zero attached hydrogens (tertiary/aromatic N) is 3. The van der Waals surface area contributed by atoms with E-state index in [0.29, 0.717) is 17.5 Å². The van der Waals surface area contributed by atoms with Gasteiger partial charge >= 0.3 is 23.9 Å². The molecule has 14 heteroatoms. The number of esters is 3. The summed E-state index contributed by atoms with van der Waals surface area (Å²) in [7, 11) is 1.38. The van der Waals surface area contributed by atoms with Crippen LogP contribution in [-0.2, 0) is 60.8 Å². The highest BCUT2D eigenvalue weighted by atomic mass is 16.7. The predicted molar refractivity (Wildman–Crippen MR) is 218 cm³/mol. The highest BCUT2D eigenvalue weighted by molar-refractivity contribution is 5.76. The molecule has 0 amide bonds. The van der Waals surface area contributed by atoms with Crippen LogP contribution >= 0.6 is 0 Å². The van der Waals surface area contributed by atoms with E-state index in [4.69, 9.17) is 28.4 Å². The van der Waals surface area contributed by atoms with E-state index in [1.54, 1.807) is 10.9 Å². The van der Waals surface area contributed by atoms with Gasteiger partial charge in [-0.3, -0.25) is 19.2 Å². The molecule has 1 aromatic heterocycles. The Morgan fingerprint density at radius 2 is 1.48 bits per heavy atom. The van der Waals surface area contributed by atoms with Crippen LogP contribution in [-0.4, -0.2) is 87.9 Å². The minimum Gasteiger partial charge on any atom is -0.481 e. The molecular formula is C46H69N3O11. The summed E-state index contributed by atoms with van der Waals surface area (Å²) in [6.07, 6.45) is 8.42. The SMILES string of the molecule is CO[C@H]1O[C@H](Cn2cc(CO[C@H]3CC[C@]4(C)[C@H]5CC=C6[C@@H]7CC(C)(C)CC[C@]7(C(=O)O)CC[C@@]6(C)[C@]5(C)CC[C@H]4C3(C)C)nn2)[C@@H](OC(C)=O)[C@H](OC(C)=O)[C@H]1OC(C)=O. The van der Waals surface area contributed by atoms with Crippen molar-refractivity contribution in [3.05, 3.63) is 23.5 Å². The monoisotopic (exact) mass is 839 g/mol. The van der Waals surface area contributed by atoms with Gasteiger partial charge in [-0.15, -0.1) is 5.10 Å². The van der Waals surface area contributed by atoms with E-state index in [1.807, 2.05) is 0 Å². The van der Waals surface area contributed by atoms with Crippen molar-refractivity contribution in [1.29, 1.82) is 0 Å². The van der Waals surface area contributed by atoms with Crippen LogP contribution in [0.15, 0.2) is 17.8 Å². The van der Waals surface area contributed by atoms with Crippen LogP contribution in [0.2, 0.25) is 0 Å². The first-order chi connectivity index (χ1) is 28.0. The zero-order valence-electron chi connectivity index (χ0n) is 37.7. The second-order valence-corrected chi connectivity index (χ2v) is 21.3. The Morgan fingerprint density at radius 1 is 0.833 bits per heavy atom. The molecule has 6 aliphatic rings. The lowest BCUT2D eigenvalue weighted by Crippen LogP contribution is -2.65. The molecular weight excluding hydrogens is 771 g/mol. The van der Waals surface area contributed by atoms with Crippen molar-refractivity contribution in [2.45, 2.75) is 183 Å². The van der Waals surface area contributed by atoms with Gasteiger partial charge in [-0.25, -0.2) is 4.68 Å². The number of methoxy groups -OCH3 is 1. The summed E-state index contributed by atoms with van der Waals surface area (Å²) in [5.41, 5.74) is 1.64. The molecule has 1 aliphatic heterocycles. The van der Waals surface area contributed by atoms with Gasteiger partial charge in [-0.2, -0.15) is 0 Å². The number of ether oxygens (including phenoxy) is 6. The van der Waals surface area contributed by atoms with Crippen LogP contribution in [0.25, 0.3) is 0 Å². The molecule has 0 aromatic carbocycles. The van der Waals surface area contributed by atoms with E-state index in [-0.39, 0.29) is 52.2 Å². The van der Waals surface area contributed by atoms with Crippen molar-refractivity contribution in [2.75, 3.05) is 7.11 Å². The summed E-state index contributed by atoms with van der Waals surface area (Å²) in [4.78, 5) is 49.5. The summed E-state index contributed by atoms with van der Waals surface area (Å²) in [6.45, 7) is 21.0. The lowest BCUT2D eigenvalue weighted by Gasteiger charge is -2.71. The molecule has 13 atom stereocenters. The van der Waals surface area contributed by atoms with Crippen molar-refractivity contribution in [3.63, 3.8) is 0 Å². The maximum atomic E-state index is 13.1. The fourth-order valence-electron chi connectivity index (χ4n) is 14.0. The highest BCUT2D eigenvalue weighted by Crippen LogP contribution is 2.76. The molecule has 0 spiro atoms. The first kappa shape index (κ1) is 44.7. The summed E-state index contributed by atoms with van der Waals surface area (Å²) in [5.74, 6) is -1.48. The van der Waals surface area contributed by atoms with E-state index < -0.39 is 60.0 Å². The topological polar surface area (TPSA) is 175 Å². The van der Waals surface area contributed by atoms with E-state index in [1.165, 1.54) is 33.5 Å². The molecule has 2 heterocycles. The average Bonchev–Trinajstić information content (AvgIpc) is 3.59. The van der Waals surface area contributed by atoms with E-state index >= 15 is 0 Å². The van der Waals surface area contributed by atoms with Crippen molar-refractivity contribution < 1.29 is 52.7 Å². The van der Waals surface area contributed by atoms with Crippen molar-refractivity contribution >= 4 is 23.9 Å². The third-order valence-electron chi connectivity index (χ3n) is 17.1. The molecule has 0 unspecified atom stereocenters. The molecule has 1 N–H and O–H groups in total. The molecule has 5 fully saturated rings. The zero-order chi connectivity index (χ0) is 43.8. The average molecular weight is 840 g/mol. The lowest BCUT2D eigenvalue weighted by molar-refractivity contribution is -0.300. The van der Waals surface area contributed by atoms with Gasteiger partial charge in [0, 0.05) is 27.9 Å².